The average molecular weight is 271 g/mol. The Labute approximate surface area is 120 Å². The first-order chi connectivity index (χ1) is 9.54. The van der Waals surface area contributed by atoms with E-state index in [1.165, 1.54) is 12.8 Å². The minimum absolute atomic E-state index is 0.0378. The number of amides is 1. The predicted molar refractivity (Wildman–Crippen MR) is 79.3 cm³/mol. The van der Waals surface area contributed by atoms with E-state index in [2.05, 4.69) is 31.0 Å². The van der Waals surface area contributed by atoms with Crippen LogP contribution in [-0.4, -0.2) is 23.2 Å². The SMILES string of the molecule is CC(C)(NC(=O)c1ccccc1C#CCCO)C1CC1. The van der Waals surface area contributed by atoms with E-state index < -0.39 is 0 Å². The molecule has 0 saturated heterocycles. The van der Waals surface area contributed by atoms with E-state index >= 15 is 0 Å². The fourth-order valence-electron chi connectivity index (χ4n) is 2.27. The van der Waals surface area contributed by atoms with Crippen molar-refractivity contribution in [2.75, 3.05) is 6.61 Å². The summed E-state index contributed by atoms with van der Waals surface area (Å²) < 4.78 is 0. The van der Waals surface area contributed by atoms with Crippen LogP contribution in [0.1, 0.15) is 49.0 Å². The molecule has 3 heteroatoms. The van der Waals surface area contributed by atoms with Crippen molar-refractivity contribution in [2.24, 2.45) is 5.92 Å². The normalized spacial score (nSPS) is 14.3. The van der Waals surface area contributed by atoms with E-state index in [-0.39, 0.29) is 18.1 Å². The van der Waals surface area contributed by atoms with Gasteiger partial charge < -0.3 is 10.4 Å². The van der Waals surface area contributed by atoms with Gasteiger partial charge in [-0.1, -0.05) is 24.0 Å². The zero-order valence-corrected chi connectivity index (χ0v) is 12.1. The molecule has 1 aromatic carbocycles. The van der Waals surface area contributed by atoms with Crippen LogP contribution in [0, 0.1) is 17.8 Å². The number of hydrogen-bond acceptors (Lipinski definition) is 2. The molecule has 0 atom stereocenters. The summed E-state index contributed by atoms with van der Waals surface area (Å²) in [5, 5.41) is 11.9. The van der Waals surface area contributed by atoms with Crippen LogP contribution in [0.4, 0.5) is 0 Å². The Morgan fingerprint density at radius 2 is 2.10 bits per heavy atom. The van der Waals surface area contributed by atoms with E-state index in [4.69, 9.17) is 5.11 Å². The van der Waals surface area contributed by atoms with Crippen LogP contribution in [0.3, 0.4) is 0 Å². The van der Waals surface area contributed by atoms with Crippen molar-refractivity contribution in [3.05, 3.63) is 35.4 Å². The first kappa shape index (κ1) is 14.6. The minimum Gasteiger partial charge on any atom is -0.395 e. The summed E-state index contributed by atoms with van der Waals surface area (Å²) in [6, 6.07) is 7.34. The maximum atomic E-state index is 12.4. The van der Waals surface area contributed by atoms with Gasteiger partial charge in [0.2, 0.25) is 0 Å². The third-order valence-corrected chi connectivity index (χ3v) is 3.67. The van der Waals surface area contributed by atoms with Gasteiger partial charge in [-0.3, -0.25) is 4.79 Å². The van der Waals surface area contributed by atoms with Crippen LogP contribution >= 0.6 is 0 Å². The van der Waals surface area contributed by atoms with Crippen molar-refractivity contribution in [2.45, 2.75) is 38.6 Å². The number of hydrogen-bond donors (Lipinski definition) is 2. The van der Waals surface area contributed by atoms with Gasteiger partial charge >= 0.3 is 0 Å². The third-order valence-electron chi connectivity index (χ3n) is 3.67. The van der Waals surface area contributed by atoms with Gasteiger partial charge in [0, 0.05) is 17.5 Å². The highest BCUT2D eigenvalue weighted by atomic mass is 16.2. The van der Waals surface area contributed by atoms with Crippen LogP contribution < -0.4 is 5.32 Å². The van der Waals surface area contributed by atoms with Gasteiger partial charge in [-0.15, -0.1) is 0 Å². The summed E-state index contributed by atoms with van der Waals surface area (Å²) in [6.07, 6.45) is 2.79. The van der Waals surface area contributed by atoms with E-state index in [1.807, 2.05) is 18.2 Å². The lowest BCUT2D eigenvalue weighted by atomic mass is 9.97. The zero-order chi connectivity index (χ0) is 14.6. The molecule has 2 N–H and O–H groups in total. The number of benzene rings is 1. The number of carbonyl (C=O) groups excluding carboxylic acids is 1. The first-order valence-electron chi connectivity index (χ1n) is 7.06. The molecule has 1 aromatic rings. The molecule has 106 valence electrons. The van der Waals surface area contributed by atoms with Gasteiger partial charge in [0.1, 0.15) is 0 Å². The molecule has 1 aliphatic rings. The van der Waals surface area contributed by atoms with Gasteiger partial charge in [0.05, 0.1) is 12.2 Å². The molecule has 1 aliphatic carbocycles. The lowest BCUT2D eigenvalue weighted by Crippen LogP contribution is -2.45. The van der Waals surface area contributed by atoms with Crippen LogP contribution in [-0.2, 0) is 0 Å². The van der Waals surface area contributed by atoms with Crippen molar-refractivity contribution in [1.29, 1.82) is 0 Å². The molecule has 1 fully saturated rings. The topological polar surface area (TPSA) is 49.3 Å². The second-order valence-corrected chi connectivity index (χ2v) is 5.77. The molecule has 20 heavy (non-hydrogen) atoms. The molecule has 0 spiro atoms. The smallest absolute Gasteiger partial charge is 0.252 e. The summed E-state index contributed by atoms with van der Waals surface area (Å²) in [5.41, 5.74) is 1.15. The Hall–Kier alpha value is -1.79. The maximum Gasteiger partial charge on any atom is 0.252 e. The Kier molecular flexibility index (Phi) is 4.46. The summed E-state index contributed by atoms with van der Waals surface area (Å²) >= 11 is 0. The van der Waals surface area contributed by atoms with Crippen LogP contribution in [0.5, 0.6) is 0 Å². The molecular weight excluding hydrogens is 250 g/mol. The summed E-state index contributed by atoms with van der Waals surface area (Å²) in [6.45, 7) is 4.18. The van der Waals surface area contributed by atoms with Crippen molar-refractivity contribution in [3.63, 3.8) is 0 Å². The first-order valence-corrected chi connectivity index (χ1v) is 7.06. The monoisotopic (exact) mass is 271 g/mol. The van der Waals surface area contributed by atoms with Crippen LogP contribution in [0.2, 0.25) is 0 Å². The lowest BCUT2D eigenvalue weighted by Gasteiger charge is -2.26. The fourth-order valence-corrected chi connectivity index (χ4v) is 2.27. The molecule has 0 aliphatic heterocycles. The summed E-state index contributed by atoms with van der Waals surface area (Å²) in [4.78, 5) is 12.4. The molecule has 0 aromatic heterocycles. The van der Waals surface area contributed by atoms with E-state index in [1.54, 1.807) is 6.07 Å². The van der Waals surface area contributed by atoms with Crippen molar-refractivity contribution in [3.8, 4) is 11.8 Å². The molecule has 1 saturated carbocycles. The average Bonchev–Trinajstić information content (AvgIpc) is 3.23. The number of aliphatic hydroxyl groups excluding tert-OH is 1. The van der Waals surface area contributed by atoms with Gasteiger partial charge in [-0.2, -0.15) is 0 Å². The van der Waals surface area contributed by atoms with Crippen LogP contribution in [0.25, 0.3) is 0 Å². The summed E-state index contributed by atoms with van der Waals surface area (Å²) in [7, 11) is 0. The van der Waals surface area contributed by atoms with Crippen LogP contribution in [0.15, 0.2) is 24.3 Å². The highest BCUT2D eigenvalue weighted by Crippen LogP contribution is 2.39. The molecule has 3 nitrogen and oxygen atoms in total. The molecule has 0 heterocycles. The van der Waals surface area contributed by atoms with E-state index in [0.29, 0.717) is 23.5 Å². The second kappa shape index (κ2) is 6.11. The Balaban J connectivity index is 2.15. The van der Waals surface area contributed by atoms with Crippen molar-refractivity contribution in [1.82, 2.24) is 5.32 Å². The van der Waals surface area contributed by atoms with Gasteiger partial charge in [0.15, 0.2) is 0 Å². The number of carbonyl (C=O) groups is 1. The molecule has 2 rings (SSSR count). The standard InChI is InChI=1S/C17H21NO2/c1-17(2,14-10-11-14)18-16(20)15-9-4-3-7-13(15)8-5-6-12-19/h3-4,7,9,14,19H,6,10-12H2,1-2H3,(H,18,20). The zero-order valence-electron chi connectivity index (χ0n) is 12.1. The molecule has 0 bridgehead atoms. The maximum absolute atomic E-state index is 12.4. The Morgan fingerprint density at radius 1 is 1.40 bits per heavy atom. The molecule has 0 radical (unpaired) electrons. The third kappa shape index (κ3) is 3.61. The number of nitrogens with one attached hydrogen (secondary N) is 1. The fraction of sp³-hybridized carbons (Fsp3) is 0.471. The largest absolute Gasteiger partial charge is 0.395 e. The quantitative estimate of drug-likeness (QED) is 0.826. The highest BCUT2D eigenvalue weighted by Gasteiger charge is 2.38. The molecule has 0 unspecified atom stereocenters. The highest BCUT2D eigenvalue weighted by molar-refractivity contribution is 5.97. The lowest BCUT2D eigenvalue weighted by molar-refractivity contribution is 0.0903. The second-order valence-electron chi connectivity index (χ2n) is 5.77. The van der Waals surface area contributed by atoms with Gasteiger partial charge in [-0.05, 0) is 44.7 Å². The van der Waals surface area contributed by atoms with E-state index in [0.717, 1.165) is 0 Å². The summed E-state index contributed by atoms with van der Waals surface area (Å²) in [5.74, 6) is 6.33. The van der Waals surface area contributed by atoms with E-state index in [9.17, 15) is 4.79 Å². The van der Waals surface area contributed by atoms with Crippen molar-refractivity contribution >= 4 is 5.91 Å². The molecular formula is C17H21NO2. The number of rotatable bonds is 4. The van der Waals surface area contributed by atoms with Gasteiger partial charge in [-0.25, -0.2) is 0 Å². The Bertz CT molecular complexity index is 548. The number of aliphatic hydroxyl groups is 1. The molecule has 1 amide bonds. The predicted octanol–water partition coefficient (Wildman–Crippen LogP) is 2.34. The van der Waals surface area contributed by atoms with Gasteiger partial charge in [0.25, 0.3) is 5.91 Å². The van der Waals surface area contributed by atoms with Crippen molar-refractivity contribution < 1.29 is 9.90 Å². The minimum atomic E-state index is -0.164. The Morgan fingerprint density at radius 3 is 2.75 bits per heavy atom.